The number of nitrogens with one attached hydrogen (secondary N) is 1. The Balaban J connectivity index is 1.96. The number of hydrogen-bond donors (Lipinski definition) is 1. The Hall–Kier alpha value is -2.82. The second-order valence-corrected chi connectivity index (χ2v) is 9.39. The molecule has 0 saturated carbocycles. The van der Waals surface area contributed by atoms with Gasteiger partial charge in [-0.05, 0) is 41.7 Å². The zero-order valence-corrected chi connectivity index (χ0v) is 21.7. The molecule has 3 rings (SSSR count). The number of carbonyl (C=O) groups excluding carboxylic acids is 2. The van der Waals surface area contributed by atoms with Crippen LogP contribution in [-0.2, 0) is 16.1 Å². The van der Waals surface area contributed by atoms with Crippen LogP contribution >= 0.6 is 23.2 Å². The van der Waals surface area contributed by atoms with E-state index in [1.807, 2.05) is 80.6 Å². The zero-order chi connectivity index (χ0) is 25.2. The summed E-state index contributed by atoms with van der Waals surface area (Å²) < 4.78 is 0. The molecule has 1 unspecified atom stereocenters. The maximum atomic E-state index is 13.9. The average Bonchev–Trinajstić information content (AvgIpc) is 2.88. The van der Waals surface area contributed by atoms with Crippen molar-refractivity contribution in [2.24, 2.45) is 0 Å². The first-order valence-corrected chi connectivity index (χ1v) is 12.8. The third kappa shape index (κ3) is 7.33. The lowest BCUT2D eigenvalue weighted by atomic mass is 9.88. The molecule has 1 N–H and O–H groups in total. The van der Waals surface area contributed by atoms with E-state index in [0.29, 0.717) is 23.0 Å². The van der Waals surface area contributed by atoms with Gasteiger partial charge in [0.2, 0.25) is 11.8 Å². The van der Waals surface area contributed by atoms with Crippen LogP contribution in [0, 0.1) is 0 Å². The van der Waals surface area contributed by atoms with Crippen molar-refractivity contribution in [3.05, 3.63) is 106 Å². The van der Waals surface area contributed by atoms with Crippen LogP contribution < -0.4 is 5.32 Å². The van der Waals surface area contributed by atoms with Crippen molar-refractivity contribution in [1.29, 1.82) is 0 Å². The monoisotopic (exact) mass is 510 g/mol. The molecule has 0 heterocycles. The molecule has 0 aliphatic rings. The molecule has 2 amide bonds. The molecule has 0 aromatic heterocycles. The van der Waals surface area contributed by atoms with E-state index >= 15 is 0 Å². The van der Waals surface area contributed by atoms with Crippen molar-refractivity contribution >= 4 is 35.0 Å². The predicted molar refractivity (Wildman–Crippen MR) is 144 cm³/mol. The Morgan fingerprint density at radius 3 is 2.00 bits per heavy atom. The van der Waals surface area contributed by atoms with Gasteiger partial charge in [0.15, 0.2) is 0 Å². The molecule has 0 fully saturated rings. The lowest BCUT2D eigenvalue weighted by molar-refractivity contribution is -0.141. The lowest BCUT2D eigenvalue weighted by Gasteiger charge is -2.32. The first-order valence-electron chi connectivity index (χ1n) is 12.1. The minimum atomic E-state index is -0.604. The number of rotatable bonds is 11. The maximum Gasteiger partial charge on any atom is 0.242 e. The fourth-order valence-electron chi connectivity index (χ4n) is 4.21. The third-order valence-corrected chi connectivity index (χ3v) is 6.66. The highest BCUT2D eigenvalue weighted by molar-refractivity contribution is 6.35. The van der Waals surface area contributed by atoms with E-state index < -0.39 is 6.04 Å². The summed E-state index contributed by atoms with van der Waals surface area (Å²) in [6.07, 6.45) is 1.55. The standard InChI is InChI=1S/C29H32Cl2N2O2/c1-3-17-32-29(35)27(4-2)33(20-23-15-16-24(30)18-26(23)31)28(34)19-25(21-11-7-5-8-12-21)22-13-9-6-10-14-22/h5-16,18,25,27H,3-4,17,19-20H2,1-2H3,(H,32,35). The Kier molecular flexibility index (Phi) is 10.2. The molecule has 3 aromatic carbocycles. The van der Waals surface area contributed by atoms with E-state index in [2.05, 4.69) is 5.32 Å². The van der Waals surface area contributed by atoms with Gasteiger partial charge in [0.05, 0.1) is 0 Å². The summed E-state index contributed by atoms with van der Waals surface area (Å²) in [5, 5.41) is 3.96. The SMILES string of the molecule is CCCNC(=O)C(CC)N(Cc1ccc(Cl)cc1Cl)C(=O)CC(c1ccccc1)c1ccccc1. The molecule has 4 nitrogen and oxygen atoms in total. The Bertz CT molecular complexity index is 1070. The van der Waals surface area contributed by atoms with E-state index in [9.17, 15) is 9.59 Å². The number of amides is 2. The second-order valence-electron chi connectivity index (χ2n) is 8.55. The first-order chi connectivity index (χ1) is 16.9. The molecule has 3 aromatic rings. The highest BCUT2D eigenvalue weighted by Gasteiger charge is 2.31. The van der Waals surface area contributed by atoms with Crippen molar-refractivity contribution in [2.45, 2.75) is 51.6 Å². The second kappa shape index (κ2) is 13.3. The van der Waals surface area contributed by atoms with Gasteiger partial charge in [-0.25, -0.2) is 0 Å². The molecule has 184 valence electrons. The van der Waals surface area contributed by atoms with Crippen molar-refractivity contribution < 1.29 is 9.59 Å². The van der Waals surface area contributed by atoms with E-state index in [-0.39, 0.29) is 30.7 Å². The molecule has 0 bridgehead atoms. The lowest BCUT2D eigenvalue weighted by Crippen LogP contribution is -2.49. The Morgan fingerprint density at radius 2 is 1.49 bits per heavy atom. The van der Waals surface area contributed by atoms with Gasteiger partial charge < -0.3 is 10.2 Å². The predicted octanol–water partition coefficient (Wildman–Crippen LogP) is 6.85. The summed E-state index contributed by atoms with van der Waals surface area (Å²) in [7, 11) is 0. The summed E-state index contributed by atoms with van der Waals surface area (Å²) in [5.41, 5.74) is 2.86. The quantitative estimate of drug-likeness (QED) is 0.306. The van der Waals surface area contributed by atoms with Crippen LogP contribution in [0.3, 0.4) is 0 Å². The molecule has 6 heteroatoms. The summed E-state index contributed by atoms with van der Waals surface area (Å²) >= 11 is 12.6. The van der Waals surface area contributed by atoms with Crippen molar-refractivity contribution in [2.75, 3.05) is 6.54 Å². The molecule has 0 radical (unpaired) electrons. The third-order valence-electron chi connectivity index (χ3n) is 6.07. The molecular formula is C29H32Cl2N2O2. The van der Waals surface area contributed by atoms with Crippen molar-refractivity contribution in [1.82, 2.24) is 10.2 Å². The summed E-state index contributed by atoms with van der Waals surface area (Å²) in [4.78, 5) is 28.7. The van der Waals surface area contributed by atoms with Gasteiger partial charge in [-0.3, -0.25) is 9.59 Å². The largest absolute Gasteiger partial charge is 0.354 e. The van der Waals surface area contributed by atoms with Gasteiger partial charge >= 0.3 is 0 Å². The first kappa shape index (κ1) is 26.8. The smallest absolute Gasteiger partial charge is 0.242 e. The normalized spacial score (nSPS) is 11.8. The molecular weight excluding hydrogens is 479 g/mol. The molecule has 0 aliphatic heterocycles. The van der Waals surface area contributed by atoms with Crippen molar-refractivity contribution in [3.63, 3.8) is 0 Å². The minimum absolute atomic E-state index is 0.104. The highest BCUT2D eigenvalue weighted by Crippen LogP contribution is 2.30. The highest BCUT2D eigenvalue weighted by atomic mass is 35.5. The topological polar surface area (TPSA) is 49.4 Å². The van der Waals surface area contributed by atoms with Gasteiger partial charge in [-0.2, -0.15) is 0 Å². The average molecular weight is 511 g/mol. The Labute approximate surface area is 218 Å². The van der Waals surface area contributed by atoms with E-state index in [1.54, 1.807) is 17.0 Å². The van der Waals surface area contributed by atoms with Crippen LogP contribution in [0.4, 0.5) is 0 Å². The summed E-state index contributed by atoms with van der Waals surface area (Å²) in [6.45, 7) is 4.71. The van der Waals surface area contributed by atoms with E-state index in [4.69, 9.17) is 23.2 Å². The number of benzene rings is 3. The van der Waals surface area contributed by atoms with Crippen LogP contribution in [-0.4, -0.2) is 29.3 Å². The fraction of sp³-hybridized carbons (Fsp3) is 0.310. The fourth-order valence-corrected chi connectivity index (χ4v) is 4.68. The van der Waals surface area contributed by atoms with Crippen LogP contribution in [0.25, 0.3) is 0 Å². The van der Waals surface area contributed by atoms with E-state index in [1.165, 1.54) is 0 Å². The number of hydrogen-bond acceptors (Lipinski definition) is 2. The van der Waals surface area contributed by atoms with E-state index in [0.717, 1.165) is 23.1 Å². The van der Waals surface area contributed by atoms with Gasteiger partial charge in [0.25, 0.3) is 0 Å². The maximum absolute atomic E-state index is 13.9. The molecule has 35 heavy (non-hydrogen) atoms. The molecule has 0 aliphatic carbocycles. The minimum Gasteiger partial charge on any atom is -0.354 e. The number of carbonyl (C=O) groups is 2. The summed E-state index contributed by atoms with van der Waals surface area (Å²) in [6, 6.07) is 24.6. The van der Waals surface area contributed by atoms with Gasteiger partial charge in [0, 0.05) is 35.5 Å². The van der Waals surface area contributed by atoms with Gasteiger partial charge in [-0.15, -0.1) is 0 Å². The molecule has 0 spiro atoms. The van der Waals surface area contributed by atoms with Crippen molar-refractivity contribution in [3.8, 4) is 0 Å². The molecule has 1 atom stereocenters. The number of nitrogens with zero attached hydrogens (tertiary/aromatic N) is 1. The van der Waals surface area contributed by atoms with Crippen LogP contribution in [0.2, 0.25) is 10.0 Å². The van der Waals surface area contributed by atoms with Gasteiger partial charge in [-0.1, -0.05) is 104 Å². The number of halogens is 2. The van der Waals surface area contributed by atoms with Crippen LogP contribution in [0.1, 0.15) is 55.7 Å². The zero-order valence-electron chi connectivity index (χ0n) is 20.2. The van der Waals surface area contributed by atoms with Crippen LogP contribution in [0.5, 0.6) is 0 Å². The van der Waals surface area contributed by atoms with Crippen LogP contribution in [0.15, 0.2) is 78.9 Å². The summed E-state index contributed by atoms with van der Waals surface area (Å²) in [5.74, 6) is -0.389. The van der Waals surface area contributed by atoms with Gasteiger partial charge in [0.1, 0.15) is 6.04 Å². The Morgan fingerprint density at radius 1 is 0.886 bits per heavy atom. The molecule has 0 saturated heterocycles.